The molecule has 2 aromatic rings. The van der Waals surface area contributed by atoms with Crippen LogP contribution < -0.4 is 0 Å². The van der Waals surface area contributed by atoms with Crippen LogP contribution in [0.3, 0.4) is 0 Å². The number of benzene rings is 2. The van der Waals surface area contributed by atoms with E-state index in [1.807, 2.05) is 44.2 Å². The van der Waals surface area contributed by atoms with E-state index in [9.17, 15) is 20.0 Å². The molecule has 0 aromatic heterocycles. The third kappa shape index (κ3) is 5.04. The number of hydrogen-bond donors (Lipinski definition) is 1. The number of aliphatic carboxylic acids is 1. The predicted octanol–water partition coefficient (Wildman–Crippen LogP) is 4.21. The molecular formula is C18H20N2O4S. The zero-order valence-electron chi connectivity index (χ0n) is 14.0. The van der Waals surface area contributed by atoms with E-state index in [1.54, 1.807) is 22.5 Å². The van der Waals surface area contributed by atoms with E-state index >= 15 is 0 Å². The van der Waals surface area contributed by atoms with Gasteiger partial charge < -0.3 is 5.11 Å². The molecular weight excluding hydrogens is 340 g/mol. The largest absolute Gasteiger partial charge is 0.480 e. The maximum Gasteiger partial charge on any atom is 0.322 e. The van der Waals surface area contributed by atoms with Gasteiger partial charge in [0.15, 0.2) is 0 Å². The van der Waals surface area contributed by atoms with Gasteiger partial charge in [0.05, 0.1) is 4.92 Å². The van der Waals surface area contributed by atoms with Crippen molar-refractivity contribution < 1.29 is 14.8 Å². The SMILES string of the molecule is CC(C)[C@@H](C(=O)O)N(Cc1ccccc1)Sc1ccccc1[N+](=O)[O-]. The lowest BCUT2D eigenvalue weighted by Gasteiger charge is -2.30. The van der Waals surface area contributed by atoms with E-state index < -0.39 is 16.9 Å². The Bertz CT molecular complexity index is 737. The van der Waals surface area contributed by atoms with Crippen molar-refractivity contribution in [3.63, 3.8) is 0 Å². The maximum absolute atomic E-state index is 11.8. The van der Waals surface area contributed by atoms with E-state index in [0.717, 1.165) is 17.5 Å². The molecule has 7 heteroatoms. The molecule has 0 aliphatic rings. The minimum atomic E-state index is -0.947. The van der Waals surface area contributed by atoms with Gasteiger partial charge in [0.25, 0.3) is 5.69 Å². The molecule has 2 rings (SSSR count). The summed E-state index contributed by atoms with van der Waals surface area (Å²) in [5, 5.41) is 20.9. The number of rotatable bonds is 8. The Kier molecular flexibility index (Phi) is 6.55. The summed E-state index contributed by atoms with van der Waals surface area (Å²) >= 11 is 1.11. The van der Waals surface area contributed by atoms with Crippen LogP contribution in [0.15, 0.2) is 59.5 Å². The van der Waals surface area contributed by atoms with Crippen molar-refractivity contribution in [3.05, 3.63) is 70.3 Å². The molecule has 2 aromatic carbocycles. The minimum Gasteiger partial charge on any atom is -0.480 e. The number of carbonyl (C=O) groups is 1. The van der Waals surface area contributed by atoms with E-state index in [-0.39, 0.29) is 11.6 Å². The highest BCUT2D eigenvalue weighted by Gasteiger charge is 2.31. The highest BCUT2D eigenvalue weighted by molar-refractivity contribution is 7.97. The summed E-state index contributed by atoms with van der Waals surface area (Å²) in [5.41, 5.74) is 0.916. The lowest BCUT2D eigenvalue weighted by atomic mass is 10.0. The second-order valence-electron chi connectivity index (χ2n) is 5.90. The van der Waals surface area contributed by atoms with Crippen LogP contribution in [0.2, 0.25) is 0 Å². The molecule has 0 bridgehead atoms. The van der Waals surface area contributed by atoms with Crippen LogP contribution in [-0.2, 0) is 11.3 Å². The van der Waals surface area contributed by atoms with E-state index in [0.29, 0.717) is 11.4 Å². The first-order valence-corrected chi connectivity index (χ1v) is 8.62. The standard InChI is InChI=1S/C18H20N2O4S/c1-13(2)17(18(21)22)19(12-14-8-4-3-5-9-14)25-16-11-7-6-10-15(16)20(23)24/h3-11,13,17H,12H2,1-2H3,(H,21,22)/t17-/m0/s1. The van der Waals surface area contributed by atoms with Crippen molar-refractivity contribution in [2.75, 3.05) is 0 Å². The first kappa shape index (κ1) is 19.0. The Morgan fingerprint density at radius 1 is 1.16 bits per heavy atom. The number of nitrogens with zero attached hydrogens (tertiary/aromatic N) is 2. The van der Waals surface area contributed by atoms with Crippen molar-refractivity contribution in [2.24, 2.45) is 5.92 Å². The van der Waals surface area contributed by atoms with Gasteiger partial charge in [-0.1, -0.05) is 56.3 Å². The van der Waals surface area contributed by atoms with Crippen LogP contribution in [0, 0.1) is 16.0 Å². The summed E-state index contributed by atoms with van der Waals surface area (Å²) in [6, 6.07) is 15.1. The molecule has 25 heavy (non-hydrogen) atoms. The fraction of sp³-hybridized carbons (Fsp3) is 0.278. The smallest absolute Gasteiger partial charge is 0.322 e. The number of carboxylic acids is 1. The zero-order chi connectivity index (χ0) is 18.4. The van der Waals surface area contributed by atoms with E-state index in [2.05, 4.69) is 0 Å². The normalized spacial score (nSPS) is 12.3. The predicted molar refractivity (Wildman–Crippen MR) is 97.2 cm³/mol. The van der Waals surface area contributed by atoms with Gasteiger partial charge in [0.2, 0.25) is 0 Å². The fourth-order valence-corrected chi connectivity index (χ4v) is 3.79. The molecule has 132 valence electrons. The van der Waals surface area contributed by atoms with Crippen LogP contribution in [0.25, 0.3) is 0 Å². The summed E-state index contributed by atoms with van der Waals surface area (Å²) in [6.07, 6.45) is 0. The Morgan fingerprint density at radius 2 is 1.76 bits per heavy atom. The molecule has 0 unspecified atom stereocenters. The lowest BCUT2D eigenvalue weighted by molar-refractivity contribution is -0.387. The number of nitro benzene ring substituents is 1. The van der Waals surface area contributed by atoms with Gasteiger partial charge in [0.1, 0.15) is 10.9 Å². The summed E-state index contributed by atoms with van der Waals surface area (Å²) in [4.78, 5) is 23.0. The number of hydrogen-bond acceptors (Lipinski definition) is 5. The van der Waals surface area contributed by atoms with Gasteiger partial charge >= 0.3 is 5.97 Å². The second-order valence-corrected chi connectivity index (χ2v) is 7.00. The molecule has 1 N–H and O–H groups in total. The van der Waals surface area contributed by atoms with E-state index in [1.165, 1.54) is 6.07 Å². The topological polar surface area (TPSA) is 83.7 Å². The Morgan fingerprint density at radius 3 is 2.32 bits per heavy atom. The second kappa shape index (κ2) is 8.64. The average molecular weight is 360 g/mol. The minimum absolute atomic E-state index is 0.0292. The molecule has 0 amide bonds. The summed E-state index contributed by atoms with van der Waals surface area (Å²) in [7, 11) is 0. The number of carboxylic acid groups (broad SMARTS) is 1. The quantitative estimate of drug-likeness (QED) is 0.431. The molecule has 0 radical (unpaired) electrons. The Labute approximate surface area is 150 Å². The first-order valence-electron chi connectivity index (χ1n) is 7.85. The van der Waals surface area contributed by atoms with Crippen LogP contribution in [-0.4, -0.2) is 26.3 Å². The highest BCUT2D eigenvalue weighted by atomic mass is 32.2. The van der Waals surface area contributed by atoms with Gasteiger partial charge in [-0.2, -0.15) is 0 Å². The highest BCUT2D eigenvalue weighted by Crippen LogP contribution is 2.35. The molecule has 0 fully saturated rings. The van der Waals surface area contributed by atoms with Crippen LogP contribution in [0.5, 0.6) is 0 Å². The third-order valence-corrected chi connectivity index (χ3v) is 4.79. The van der Waals surface area contributed by atoms with Gasteiger partial charge in [-0.25, -0.2) is 4.31 Å². The van der Waals surface area contributed by atoms with Gasteiger partial charge in [-0.15, -0.1) is 0 Å². The third-order valence-electron chi connectivity index (χ3n) is 3.65. The maximum atomic E-state index is 11.8. The number of nitro groups is 1. The molecule has 0 spiro atoms. The summed E-state index contributed by atoms with van der Waals surface area (Å²) in [5.74, 6) is -1.10. The Balaban J connectivity index is 2.37. The first-order chi connectivity index (χ1) is 11.9. The number of para-hydroxylation sites is 1. The fourth-order valence-electron chi connectivity index (χ4n) is 2.50. The van der Waals surface area contributed by atoms with Crippen molar-refractivity contribution in [3.8, 4) is 0 Å². The summed E-state index contributed by atoms with van der Waals surface area (Å²) in [6.45, 7) is 4.03. The van der Waals surface area contributed by atoms with Crippen molar-refractivity contribution in [2.45, 2.75) is 31.3 Å². The molecule has 1 atom stereocenters. The molecule has 0 heterocycles. The van der Waals surface area contributed by atoms with Crippen molar-refractivity contribution in [1.29, 1.82) is 0 Å². The monoisotopic (exact) mass is 360 g/mol. The van der Waals surface area contributed by atoms with Gasteiger partial charge in [-0.3, -0.25) is 14.9 Å². The molecule has 0 aliphatic heterocycles. The molecule has 0 saturated carbocycles. The van der Waals surface area contributed by atoms with Crippen LogP contribution in [0.4, 0.5) is 5.69 Å². The van der Waals surface area contributed by atoms with Crippen LogP contribution >= 0.6 is 11.9 Å². The Hall–Kier alpha value is -2.38. The van der Waals surface area contributed by atoms with Crippen molar-refractivity contribution >= 4 is 23.6 Å². The van der Waals surface area contributed by atoms with Crippen LogP contribution in [0.1, 0.15) is 19.4 Å². The van der Waals surface area contributed by atoms with Gasteiger partial charge in [0, 0.05) is 12.6 Å². The molecule has 0 aliphatic carbocycles. The molecule has 6 nitrogen and oxygen atoms in total. The lowest BCUT2D eigenvalue weighted by Crippen LogP contribution is -2.40. The summed E-state index contributed by atoms with van der Waals surface area (Å²) < 4.78 is 1.70. The molecule has 0 saturated heterocycles. The van der Waals surface area contributed by atoms with E-state index in [4.69, 9.17) is 0 Å². The van der Waals surface area contributed by atoms with Crippen molar-refractivity contribution in [1.82, 2.24) is 4.31 Å². The zero-order valence-corrected chi connectivity index (χ0v) is 14.8. The average Bonchev–Trinajstić information content (AvgIpc) is 2.55. The van der Waals surface area contributed by atoms with Gasteiger partial charge in [-0.05, 0) is 29.5 Å².